The molecule has 1 fully saturated rings. The van der Waals surface area contributed by atoms with Gasteiger partial charge in [0.1, 0.15) is 0 Å². The lowest BCUT2D eigenvalue weighted by Gasteiger charge is -2.46. The van der Waals surface area contributed by atoms with E-state index in [9.17, 15) is 0 Å². The first-order valence-corrected chi connectivity index (χ1v) is 7.32. The number of ether oxygens (including phenoxy) is 1. The first kappa shape index (κ1) is 15.0. The van der Waals surface area contributed by atoms with Crippen LogP contribution >= 0.6 is 0 Å². The Morgan fingerprint density at radius 1 is 1.35 bits per heavy atom. The second-order valence-corrected chi connectivity index (χ2v) is 5.98. The molecular formula is C15H31NO. The van der Waals surface area contributed by atoms with Crippen LogP contribution in [0, 0.1) is 11.8 Å². The van der Waals surface area contributed by atoms with E-state index in [1.54, 1.807) is 0 Å². The van der Waals surface area contributed by atoms with Crippen molar-refractivity contribution in [2.75, 3.05) is 14.2 Å². The van der Waals surface area contributed by atoms with Crippen LogP contribution in [0.4, 0.5) is 0 Å². The maximum absolute atomic E-state index is 5.99. The van der Waals surface area contributed by atoms with Gasteiger partial charge >= 0.3 is 0 Å². The number of nitrogens with one attached hydrogen (secondary N) is 1. The zero-order valence-electron chi connectivity index (χ0n) is 12.4. The molecule has 0 aromatic heterocycles. The van der Waals surface area contributed by atoms with Crippen molar-refractivity contribution in [3.8, 4) is 0 Å². The molecule has 1 rings (SSSR count). The van der Waals surface area contributed by atoms with Gasteiger partial charge in [-0.15, -0.1) is 0 Å². The van der Waals surface area contributed by atoms with Crippen molar-refractivity contribution >= 4 is 0 Å². The SMILES string of the molecule is CCCC(C)C(NC)C1(OC)CCC(C)CC1. The molecule has 17 heavy (non-hydrogen) atoms. The van der Waals surface area contributed by atoms with Gasteiger partial charge in [0.15, 0.2) is 0 Å². The van der Waals surface area contributed by atoms with Gasteiger partial charge in [-0.2, -0.15) is 0 Å². The molecule has 0 heterocycles. The first-order valence-electron chi connectivity index (χ1n) is 7.32. The minimum Gasteiger partial charge on any atom is -0.377 e. The zero-order chi connectivity index (χ0) is 12.9. The highest BCUT2D eigenvalue weighted by Gasteiger charge is 2.42. The summed E-state index contributed by atoms with van der Waals surface area (Å²) in [5.74, 6) is 1.57. The number of methoxy groups -OCH3 is 1. The van der Waals surface area contributed by atoms with E-state index in [0.717, 1.165) is 5.92 Å². The Morgan fingerprint density at radius 2 is 1.94 bits per heavy atom. The minimum atomic E-state index is 0.0792. The Labute approximate surface area is 108 Å². The quantitative estimate of drug-likeness (QED) is 0.767. The van der Waals surface area contributed by atoms with Gasteiger partial charge < -0.3 is 10.1 Å². The summed E-state index contributed by atoms with van der Waals surface area (Å²) in [5, 5.41) is 3.54. The molecule has 0 aliphatic heterocycles. The molecule has 0 aromatic carbocycles. The Bertz CT molecular complexity index is 209. The summed E-state index contributed by atoms with van der Waals surface area (Å²) in [6, 6.07) is 0.500. The standard InChI is InChI=1S/C15H31NO/c1-6-7-13(3)14(16-4)15(17-5)10-8-12(2)9-11-15/h12-14,16H,6-11H2,1-5H3. The van der Waals surface area contributed by atoms with E-state index in [1.165, 1.54) is 38.5 Å². The van der Waals surface area contributed by atoms with Gasteiger partial charge in [-0.1, -0.05) is 27.2 Å². The number of hydrogen-bond acceptors (Lipinski definition) is 2. The lowest BCUT2D eigenvalue weighted by molar-refractivity contribution is -0.0857. The molecule has 2 unspecified atom stereocenters. The third kappa shape index (κ3) is 3.45. The van der Waals surface area contributed by atoms with Gasteiger partial charge in [-0.05, 0) is 51.0 Å². The molecule has 0 saturated heterocycles. The molecule has 1 aliphatic carbocycles. The Hall–Kier alpha value is -0.0800. The molecule has 2 nitrogen and oxygen atoms in total. The number of rotatable bonds is 6. The van der Waals surface area contributed by atoms with E-state index in [-0.39, 0.29) is 5.60 Å². The van der Waals surface area contributed by atoms with Gasteiger partial charge in [-0.3, -0.25) is 0 Å². The Kier molecular flexibility index (Phi) is 5.94. The summed E-state index contributed by atoms with van der Waals surface area (Å²) in [6.45, 7) is 7.00. The smallest absolute Gasteiger partial charge is 0.0833 e. The van der Waals surface area contributed by atoms with Crippen LogP contribution in [-0.4, -0.2) is 25.8 Å². The fraction of sp³-hybridized carbons (Fsp3) is 1.00. The maximum Gasteiger partial charge on any atom is 0.0833 e. The zero-order valence-corrected chi connectivity index (χ0v) is 12.4. The van der Waals surface area contributed by atoms with E-state index in [0.29, 0.717) is 12.0 Å². The van der Waals surface area contributed by atoms with Crippen molar-refractivity contribution in [2.24, 2.45) is 11.8 Å². The van der Waals surface area contributed by atoms with E-state index in [1.807, 2.05) is 7.11 Å². The first-order chi connectivity index (χ1) is 8.09. The molecule has 1 N–H and O–H groups in total. The third-order valence-corrected chi connectivity index (χ3v) is 4.72. The molecule has 0 aromatic rings. The summed E-state index contributed by atoms with van der Waals surface area (Å²) in [6.07, 6.45) is 7.59. The van der Waals surface area contributed by atoms with Crippen LogP contribution in [0.15, 0.2) is 0 Å². The molecule has 2 heteroatoms. The Balaban J connectivity index is 2.74. The van der Waals surface area contributed by atoms with Crippen molar-refractivity contribution < 1.29 is 4.74 Å². The lowest BCUT2D eigenvalue weighted by atomic mass is 9.71. The Morgan fingerprint density at radius 3 is 2.35 bits per heavy atom. The highest BCUT2D eigenvalue weighted by atomic mass is 16.5. The fourth-order valence-electron chi connectivity index (χ4n) is 3.58. The average molecular weight is 241 g/mol. The molecular weight excluding hydrogens is 210 g/mol. The van der Waals surface area contributed by atoms with E-state index >= 15 is 0 Å². The lowest BCUT2D eigenvalue weighted by Crippen LogP contribution is -2.55. The van der Waals surface area contributed by atoms with Gasteiger partial charge in [0.05, 0.1) is 5.60 Å². The second kappa shape index (κ2) is 6.75. The summed E-state index contributed by atoms with van der Waals surface area (Å²) in [7, 11) is 3.99. The average Bonchev–Trinajstić information content (AvgIpc) is 2.33. The highest BCUT2D eigenvalue weighted by molar-refractivity contribution is 4.98. The van der Waals surface area contributed by atoms with Crippen LogP contribution in [0.2, 0.25) is 0 Å². The maximum atomic E-state index is 5.99. The largest absolute Gasteiger partial charge is 0.377 e. The molecule has 1 aliphatic rings. The second-order valence-electron chi connectivity index (χ2n) is 5.98. The molecule has 2 atom stereocenters. The summed E-state index contributed by atoms with van der Waals surface area (Å²) in [5.41, 5.74) is 0.0792. The van der Waals surface area contributed by atoms with Crippen molar-refractivity contribution in [3.63, 3.8) is 0 Å². The van der Waals surface area contributed by atoms with Crippen LogP contribution < -0.4 is 5.32 Å². The summed E-state index contributed by atoms with van der Waals surface area (Å²) >= 11 is 0. The molecule has 0 spiro atoms. The van der Waals surface area contributed by atoms with Gasteiger partial charge in [0.2, 0.25) is 0 Å². The van der Waals surface area contributed by atoms with Gasteiger partial charge in [0.25, 0.3) is 0 Å². The van der Waals surface area contributed by atoms with Crippen LogP contribution in [0.1, 0.15) is 59.3 Å². The molecule has 0 radical (unpaired) electrons. The van der Waals surface area contributed by atoms with E-state index in [4.69, 9.17) is 4.74 Å². The third-order valence-electron chi connectivity index (χ3n) is 4.72. The monoisotopic (exact) mass is 241 g/mol. The fourth-order valence-corrected chi connectivity index (χ4v) is 3.58. The summed E-state index contributed by atoms with van der Waals surface area (Å²) in [4.78, 5) is 0. The van der Waals surface area contributed by atoms with Crippen molar-refractivity contribution in [1.29, 1.82) is 0 Å². The molecule has 102 valence electrons. The van der Waals surface area contributed by atoms with Crippen molar-refractivity contribution in [3.05, 3.63) is 0 Å². The van der Waals surface area contributed by atoms with Crippen LogP contribution in [0.3, 0.4) is 0 Å². The molecule has 0 bridgehead atoms. The van der Waals surface area contributed by atoms with Crippen molar-refractivity contribution in [1.82, 2.24) is 5.32 Å². The van der Waals surface area contributed by atoms with Gasteiger partial charge in [-0.25, -0.2) is 0 Å². The van der Waals surface area contributed by atoms with Crippen LogP contribution in [0.5, 0.6) is 0 Å². The van der Waals surface area contributed by atoms with E-state index in [2.05, 4.69) is 33.1 Å². The number of hydrogen-bond donors (Lipinski definition) is 1. The number of likely N-dealkylation sites (N-methyl/N-ethyl adjacent to an activating group) is 1. The van der Waals surface area contributed by atoms with Gasteiger partial charge in [0, 0.05) is 13.2 Å². The van der Waals surface area contributed by atoms with Crippen LogP contribution in [0.25, 0.3) is 0 Å². The topological polar surface area (TPSA) is 21.3 Å². The predicted molar refractivity (Wildman–Crippen MR) is 74.3 cm³/mol. The summed E-state index contributed by atoms with van der Waals surface area (Å²) < 4.78 is 5.99. The van der Waals surface area contributed by atoms with Crippen LogP contribution in [-0.2, 0) is 4.74 Å². The molecule has 1 saturated carbocycles. The normalized spacial score (nSPS) is 33.4. The van der Waals surface area contributed by atoms with E-state index < -0.39 is 0 Å². The highest BCUT2D eigenvalue weighted by Crippen LogP contribution is 2.39. The predicted octanol–water partition coefficient (Wildman–Crippen LogP) is 3.61. The van der Waals surface area contributed by atoms with Crippen molar-refractivity contribution in [2.45, 2.75) is 70.9 Å². The molecule has 0 amide bonds. The minimum absolute atomic E-state index is 0.0792.